The first-order valence-corrected chi connectivity index (χ1v) is 13.1. The van der Waals surface area contributed by atoms with Crippen LogP contribution in [-0.2, 0) is 32.4 Å². The van der Waals surface area contributed by atoms with Crippen LogP contribution in [0.5, 0.6) is 5.75 Å². The van der Waals surface area contributed by atoms with E-state index in [9.17, 15) is 22.8 Å². The van der Waals surface area contributed by atoms with Gasteiger partial charge in [-0.15, -0.1) is 0 Å². The molecule has 0 aliphatic rings. The molecule has 0 aliphatic carbocycles. The van der Waals surface area contributed by atoms with E-state index < -0.39 is 41.1 Å². The topological polar surface area (TPSA) is 94.9 Å². The quantitative estimate of drug-likeness (QED) is 0.287. The summed E-state index contributed by atoms with van der Waals surface area (Å²) in [5.41, 5.74) is -3.28. The van der Waals surface area contributed by atoms with Gasteiger partial charge in [0.1, 0.15) is 28.3 Å². The van der Waals surface area contributed by atoms with Crippen molar-refractivity contribution in [1.29, 1.82) is 0 Å². The molecule has 12 heteroatoms. The number of methoxy groups -OCH3 is 1. The Hall–Kier alpha value is -3.70. The Balaban J connectivity index is 2.81. The van der Waals surface area contributed by atoms with Crippen LogP contribution in [0.4, 0.5) is 18.0 Å². The maximum atomic E-state index is 14.9. The van der Waals surface area contributed by atoms with Crippen molar-refractivity contribution in [3.8, 4) is 5.75 Å². The monoisotopic (exact) mass is 582 g/mol. The number of nitrogens with one attached hydrogen (secondary N) is 1. The molecule has 1 aromatic carbocycles. The fourth-order valence-electron chi connectivity index (χ4n) is 4.04. The highest BCUT2D eigenvalue weighted by Gasteiger charge is 2.46. The number of carbonyl (C=O) groups is 2. The van der Waals surface area contributed by atoms with E-state index in [0.29, 0.717) is 11.3 Å². The van der Waals surface area contributed by atoms with Crippen LogP contribution < -0.4 is 10.1 Å². The minimum Gasteiger partial charge on any atom is -0.497 e. The second-order valence-corrected chi connectivity index (χ2v) is 11.8. The number of alkyl halides is 3. The summed E-state index contributed by atoms with van der Waals surface area (Å²) >= 11 is 0. The van der Waals surface area contributed by atoms with Crippen LogP contribution in [0.15, 0.2) is 30.5 Å². The van der Waals surface area contributed by atoms with Gasteiger partial charge in [0.2, 0.25) is 0 Å². The summed E-state index contributed by atoms with van der Waals surface area (Å²) < 4.78 is 61.4. The summed E-state index contributed by atoms with van der Waals surface area (Å²) in [7, 11) is 4.76. The molecule has 41 heavy (non-hydrogen) atoms. The van der Waals surface area contributed by atoms with Crippen molar-refractivity contribution in [3.05, 3.63) is 53.0 Å². The highest BCUT2D eigenvalue weighted by Crippen LogP contribution is 2.42. The van der Waals surface area contributed by atoms with Crippen molar-refractivity contribution < 1.29 is 37.0 Å². The first-order chi connectivity index (χ1) is 18.7. The number of nitrogens with zero attached hydrogens (tertiary/aromatic N) is 3. The van der Waals surface area contributed by atoms with Crippen LogP contribution >= 0.6 is 0 Å². The first-order valence-electron chi connectivity index (χ1n) is 13.1. The van der Waals surface area contributed by atoms with Gasteiger partial charge in [-0.2, -0.15) is 18.3 Å². The van der Waals surface area contributed by atoms with Gasteiger partial charge < -0.3 is 24.4 Å². The second kappa shape index (κ2) is 12.9. The Kier molecular flexibility index (Phi) is 10.5. The molecule has 1 heterocycles. The zero-order valence-corrected chi connectivity index (χ0v) is 25.4. The molecule has 0 radical (unpaired) electrons. The van der Waals surface area contributed by atoms with E-state index in [1.807, 2.05) is 0 Å². The summed E-state index contributed by atoms with van der Waals surface area (Å²) in [4.78, 5) is 27.2. The predicted molar refractivity (Wildman–Crippen MR) is 149 cm³/mol. The fourth-order valence-corrected chi connectivity index (χ4v) is 4.04. The zero-order valence-electron chi connectivity index (χ0n) is 25.4. The average molecular weight is 583 g/mol. The number of hydrogen-bond acceptors (Lipinski definition) is 7. The van der Waals surface area contributed by atoms with Crippen LogP contribution in [0.3, 0.4) is 0 Å². The lowest BCUT2D eigenvalue weighted by Gasteiger charge is -2.29. The van der Waals surface area contributed by atoms with E-state index in [0.717, 1.165) is 4.68 Å². The first kappa shape index (κ1) is 33.5. The van der Waals surface area contributed by atoms with Crippen LogP contribution in [0, 0.1) is 0 Å². The number of aromatic nitrogens is 2. The molecule has 2 aromatic rings. The van der Waals surface area contributed by atoms with Crippen molar-refractivity contribution in [2.75, 3.05) is 27.7 Å². The number of carbonyl (C=O) groups excluding carboxylic acids is 2. The van der Waals surface area contributed by atoms with Crippen LogP contribution in [-0.4, -0.2) is 66.2 Å². The molecule has 0 bridgehead atoms. The van der Waals surface area contributed by atoms with Gasteiger partial charge in [-0.25, -0.2) is 9.59 Å². The molecule has 0 aliphatic heterocycles. The third-order valence-corrected chi connectivity index (χ3v) is 5.67. The SMILES string of the molecule is COc1ccc(Cn2nc(/C(=C/N(C)C)C(=O)OC(C)C)c(C(C)(C)CNC(=O)OC(C)(C)C)c2C(F)(F)F)cc1. The molecular formula is C29H41F3N4O5. The molecule has 228 valence electrons. The Morgan fingerprint density at radius 3 is 2.12 bits per heavy atom. The van der Waals surface area contributed by atoms with Crippen LogP contribution in [0.2, 0.25) is 0 Å². The van der Waals surface area contributed by atoms with Gasteiger partial charge in [-0.3, -0.25) is 4.68 Å². The van der Waals surface area contributed by atoms with E-state index in [1.165, 1.54) is 18.2 Å². The summed E-state index contributed by atoms with van der Waals surface area (Å²) in [5.74, 6) is -0.276. The molecule has 0 saturated carbocycles. The van der Waals surface area contributed by atoms with E-state index in [4.69, 9.17) is 14.2 Å². The maximum absolute atomic E-state index is 14.9. The summed E-state index contributed by atoms with van der Waals surface area (Å²) in [5, 5.41) is 6.95. The normalized spacial score (nSPS) is 12.8. The molecule has 0 saturated heterocycles. The fraction of sp³-hybridized carbons (Fsp3) is 0.552. The minimum atomic E-state index is -4.86. The Labute approximate surface area is 239 Å². The van der Waals surface area contributed by atoms with Crippen molar-refractivity contribution >= 4 is 17.6 Å². The van der Waals surface area contributed by atoms with Gasteiger partial charge in [0.25, 0.3) is 0 Å². The highest BCUT2D eigenvalue weighted by atomic mass is 19.4. The molecule has 9 nitrogen and oxygen atoms in total. The number of rotatable bonds is 10. The van der Waals surface area contributed by atoms with Gasteiger partial charge in [0.15, 0.2) is 0 Å². The standard InChI is InChI=1S/C29H41F3N4O5/c1-18(2)40-25(37)21(16-35(8)9)23-22(28(6,7)17-33-26(38)41-27(3,4)5)24(29(30,31)32)36(34-23)15-19-11-13-20(39-10)14-12-19/h11-14,16,18H,15,17H2,1-10H3,(H,33,38)/b21-16-. The second-order valence-electron chi connectivity index (χ2n) is 11.8. The van der Waals surface area contributed by atoms with Gasteiger partial charge in [0.05, 0.1) is 19.8 Å². The van der Waals surface area contributed by atoms with Crippen LogP contribution in [0.1, 0.15) is 71.0 Å². The average Bonchev–Trinajstić information content (AvgIpc) is 3.20. The highest BCUT2D eigenvalue weighted by molar-refractivity contribution is 6.16. The number of esters is 1. The number of benzene rings is 1. The van der Waals surface area contributed by atoms with Gasteiger partial charge >= 0.3 is 18.2 Å². The molecule has 0 fully saturated rings. The minimum absolute atomic E-state index is 0.150. The number of ether oxygens (including phenoxy) is 3. The van der Waals surface area contributed by atoms with Crippen molar-refractivity contribution in [1.82, 2.24) is 20.0 Å². The number of amides is 1. The molecule has 2 rings (SSSR count). The lowest BCUT2D eigenvalue weighted by molar-refractivity contribution is -0.145. The van der Waals surface area contributed by atoms with Crippen LogP contribution in [0.25, 0.3) is 5.57 Å². The van der Waals surface area contributed by atoms with E-state index in [-0.39, 0.29) is 29.9 Å². The van der Waals surface area contributed by atoms with Crippen molar-refractivity contribution in [2.45, 2.75) is 78.3 Å². The Morgan fingerprint density at radius 1 is 1.07 bits per heavy atom. The molecular weight excluding hydrogens is 541 g/mol. The van der Waals surface area contributed by atoms with Gasteiger partial charge in [0, 0.05) is 37.8 Å². The lowest BCUT2D eigenvalue weighted by atomic mass is 9.81. The van der Waals surface area contributed by atoms with Gasteiger partial charge in [-0.05, 0) is 52.3 Å². The Bertz CT molecular complexity index is 1240. The third-order valence-electron chi connectivity index (χ3n) is 5.67. The molecule has 1 N–H and O–H groups in total. The molecule has 1 amide bonds. The lowest BCUT2D eigenvalue weighted by Crippen LogP contribution is -2.41. The summed E-state index contributed by atoms with van der Waals surface area (Å²) in [6.07, 6.45) is -4.79. The molecule has 0 unspecified atom stereocenters. The van der Waals surface area contributed by atoms with E-state index >= 15 is 0 Å². The molecule has 0 spiro atoms. The van der Waals surface area contributed by atoms with Crippen molar-refractivity contribution in [3.63, 3.8) is 0 Å². The smallest absolute Gasteiger partial charge is 0.433 e. The molecule has 0 atom stereocenters. The van der Waals surface area contributed by atoms with Crippen molar-refractivity contribution in [2.24, 2.45) is 0 Å². The number of alkyl carbamates (subject to hydrolysis) is 1. The largest absolute Gasteiger partial charge is 0.497 e. The summed E-state index contributed by atoms with van der Waals surface area (Å²) in [6.45, 7) is 10.9. The predicted octanol–water partition coefficient (Wildman–Crippen LogP) is 5.62. The van der Waals surface area contributed by atoms with E-state index in [1.54, 1.807) is 86.8 Å². The number of halogens is 3. The third kappa shape index (κ3) is 9.43. The zero-order chi connectivity index (χ0) is 31.3. The number of hydrogen-bond donors (Lipinski definition) is 1. The molecule has 1 aromatic heterocycles. The summed E-state index contributed by atoms with van der Waals surface area (Å²) in [6, 6.07) is 6.55. The Morgan fingerprint density at radius 2 is 1.66 bits per heavy atom. The van der Waals surface area contributed by atoms with Gasteiger partial charge in [-0.1, -0.05) is 26.0 Å². The maximum Gasteiger partial charge on any atom is 0.433 e. The van der Waals surface area contributed by atoms with E-state index in [2.05, 4.69) is 10.4 Å².